The second-order valence-corrected chi connectivity index (χ2v) is 3.59. The summed E-state index contributed by atoms with van der Waals surface area (Å²) in [7, 11) is 1.47. The van der Waals surface area contributed by atoms with Crippen LogP contribution >= 0.6 is 30.1 Å². The first-order valence-electron chi connectivity index (χ1n) is 3.29. The van der Waals surface area contributed by atoms with E-state index in [1.54, 1.807) is 12.3 Å². The van der Waals surface area contributed by atoms with Crippen molar-refractivity contribution in [2.75, 3.05) is 0 Å². The van der Waals surface area contributed by atoms with Crippen molar-refractivity contribution in [2.45, 2.75) is 0 Å². The second-order valence-electron chi connectivity index (χ2n) is 1.91. The molecule has 1 nitrogen and oxygen atoms in total. The van der Waals surface area contributed by atoms with E-state index in [0.29, 0.717) is 0 Å². The average molecular weight is 287 g/mol. The van der Waals surface area contributed by atoms with Crippen molar-refractivity contribution < 1.29 is 0 Å². The fourth-order valence-electron chi connectivity index (χ4n) is 0.658. The third-order valence-corrected chi connectivity index (χ3v) is 1.98. The zero-order valence-corrected chi connectivity index (χ0v) is 9.17. The number of rotatable bonds is 1. The van der Waals surface area contributed by atoms with E-state index in [2.05, 4.69) is 37.4 Å². The monoisotopic (exact) mass is 287 g/mol. The van der Waals surface area contributed by atoms with Crippen LogP contribution in [-0.4, -0.2) is 4.98 Å². The van der Waals surface area contributed by atoms with Crippen LogP contribution in [0.15, 0.2) is 30.5 Å². The van der Waals surface area contributed by atoms with E-state index in [-0.39, 0.29) is 0 Å². The highest BCUT2D eigenvalue weighted by atomic mass is 127. The molecule has 1 aromatic heterocycles. The molecule has 0 aromatic carbocycles. The van der Waals surface area contributed by atoms with Crippen LogP contribution in [0.3, 0.4) is 0 Å². The first-order valence-corrected chi connectivity index (χ1v) is 6.65. The van der Waals surface area contributed by atoms with Gasteiger partial charge in [-0.3, -0.25) is 4.98 Å². The summed E-state index contributed by atoms with van der Waals surface area (Å²) in [6, 6.07) is 5.78. The third kappa shape index (κ3) is 3.79. The maximum atomic E-state index is 4.11. The van der Waals surface area contributed by atoms with Crippen molar-refractivity contribution in [1.82, 2.24) is 4.98 Å². The lowest BCUT2D eigenvalue weighted by molar-refractivity contribution is 1.30. The van der Waals surface area contributed by atoms with Gasteiger partial charge in [-0.1, -0.05) is 12.0 Å². The molecule has 0 aliphatic carbocycles. The predicted octanol–water partition coefficient (Wildman–Crippen LogP) is 3.14. The van der Waals surface area contributed by atoms with Gasteiger partial charge in [-0.25, -0.2) is 0 Å². The highest BCUT2D eigenvalue weighted by molar-refractivity contribution is 14.2. The molecule has 1 heterocycles. The van der Waals surface area contributed by atoms with Crippen molar-refractivity contribution in [3.8, 4) is 11.2 Å². The van der Waals surface area contributed by atoms with Gasteiger partial charge in [0.15, 0.2) is 0 Å². The van der Waals surface area contributed by atoms with Crippen LogP contribution in [0.25, 0.3) is 6.08 Å². The van der Waals surface area contributed by atoms with Gasteiger partial charge in [-0.05, 0) is 38.5 Å². The smallest absolute Gasteiger partial charge is 0.0635 e. The van der Waals surface area contributed by atoms with Gasteiger partial charge in [-0.2, -0.15) is 0 Å². The molecule has 60 valence electrons. The first-order chi connectivity index (χ1) is 5.93. The van der Waals surface area contributed by atoms with Crippen molar-refractivity contribution in [3.05, 3.63) is 36.2 Å². The zero-order chi connectivity index (χ0) is 8.65. The zero-order valence-electron chi connectivity index (χ0n) is 6.20. The maximum absolute atomic E-state index is 4.11. The quantitative estimate of drug-likeness (QED) is 0.581. The molecule has 0 N–H and O–H groups in total. The molecule has 0 aliphatic heterocycles. The van der Waals surface area contributed by atoms with Crippen LogP contribution in [0.2, 0.25) is 0 Å². The van der Waals surface area contributed by atoms with Crippen molar-refractivity contribution in [3.63, 3.8) is 0 Å². The molecule has 3 heteroatoms. The Labute approximate surface area is 88.3 Å². The van der Waals surface area contributed by atoms with Gasteiger partial charge in [0.2, 0.25) is 0 Å². The lowest BCUT2D eigenvalue weighted by Gasteiger charge is -1.86. The van der Waals surface area contributed by atoms with Crippen LogP contribution in [0.1, 0.15) is 5.69 Å². The average Bonchev–Trinajstić information content (AvgIpc) is 2.14. The molecule has 1 rings (SSSR count). The Kier molecular flexibility index (Phi) is 4.88. The molecule has 0 spiro atoms. The molecule has 0 fully saturated rings. The van der Waals surface area contributed by atoms with Crippen LogP contribution in [0.5, 0.6) is 0 Å². The largest absolute Gasteiger partial charge is 0.257 e. The summed E-state index contributed by atoms with van der Waals surface area (Å²) in [5, 5.41) is 2.86. The minimum atomic E-state index is 0.935. The Bertz CT molecular complexity index is 310. The van der Waals surface area contributed by atoms with Crippen LogP contribution < -0.4 is 0 Å². The number of hydrogen-bond donors (Lipinski definition) is 0. The van der Waals surface area contributed by atoms with E-state index >= 15 is 0 Å². The SMILES string of the molecule is ISC#C/C=C\c1ccccn1. The molecule has 0 bridgehead atoms. The molecule has 1 aromatic rings. The van der Waals surface area contributed by atoms with Crippen molar-refractivity contribution in [1.29, 1.82) is 0 Å². The lowest BCUT2D eigenvalue weighted by Crippen LogP contribution is -1.74. The standard InChI is InChI=1S/C9H6INS/c10-12-8-4-2-6-9-5-1-3-7-11-9/h1-3,5-7H/b6-2-. The second kappa shape index (κ2) is 6.09. The van der Waals surface area contributed by atoms with Gasteiger partial charge in [0.05, 0.1) is 5.69 Å². The molecule has 0 amide bonds. The molecular weight excluding hydrogens is 281 g/mol. The number of allylic oxidation sites excluding steroid dienone is 1. The summed E-state index contributed by atoms with van der Waals surface area (Å²) in [6.45, 7) is 0. The summed E-state index contributed by atoms with van der Waals surface area (Å²) >= 11 is 2.14. The Morgan fingerprint density at radius 1 is 1.50 bits per heavy atom. The Morgan fingerprint density at radius 2 is 2.42 bits per heavy atom. The molecule has 0 atom stereocenters. The Hall–Kier alpha value is -0.470. The highest BCUT2D eigenvalue weighted by Gasteiger charge is 1.80. The number of hydrogen-bond acceptors (Lipinski definition) is 2. The number of halogens is 1. The van der Waals surface area contributed by atoms with Crippen molar-refractivity contribution in [2.24, 2.45) is 0 Å². The Morgan fingerprint density at radius 3 is 3.08 bits per heavy atom. The van der Waals surface area contributed by atoms with Gasteiger partial charge in [0.1, 0.15) is 0 Å². The summed E-state index contributed by atoms with van der Waals surface area (Å²) in [4.78, 5) is 4.11. The molecule has 0 radical (unpaired) electrons. The third-order valence-electron chi connectivity index (χ3n) is 1.12. The summed E-state index contributed by atoms with van der Waals surface area (Å²) in [5.74, 6) is 2.87. The summed E-state index contributed by atoms with van der Waals surface area (Å²) < 4.78 is 0. The van der Waals surface area contributed by atoms with E-state index in [1.165, 1.54) is 8.93 Å². The van der Waals surface area contributed by atoms with Crippen LogP contribution in [-0.2, 0) is 0 Å². The van der Waals surface area contributed by atoms with E-state index in [1.807, 2.05) is 24.3 Å². The van der Waals surface area contributed by atoms with Gasteiger partial charge in [0.25, 0.3) is 0 Å². The van der Waals surface area contributed by atoms with E-state index in [0.717, 1.165) is 5.69 Å². The van der Waals surface area contributed by atoms with Gasteiger partial charge in [0, 0.05) is 27.4 Å². The molecule has 0 unspecified atom stereocenters. The molecular formula is C9H6INS. The van der Waals surface area contributed by atoms with E-state index < -0.39 is 0 Å². The Balaban J connectivity index is 2.58. The number of nitrogens with zero attached hydrogens (tertiary/aromatic N) is 1. The van der Waals surface area contributed by atoms with Gasteiger partial charge < -0.3 is 0 Å². The van der Waals surface area contributed by atoms with Crippen LogP contribution in [0.4, 0.5) is 0 Å². The van der Waals surface area contributed by atoms with Crippen molar-refractivity contribution >= 4 is 36.2 Å². The topological polar surface area (TPSA) is 12.9 Å². The molecule has 12 heavy (non-hydrogen) atoms. The highest BCUT2D eigenvalue weighted by Crippen LogP contribution is 2.06. The van der Waals surface area contributed by atoms with Crippen LogP contribution in [0, 0.1) is 11.2 Å². The number of aromatic nitrogens is 1. The van der Waals surface area contributed by atoms with Gasteiger partial charge in [-0.15, -0.1) is 0 Å². The predicted molar refractivity (Wildman–Crippen MR) is 62.7 cm³/mol. The minimum absolute atomic E-state index is 0.935. The van der Waals surface area contributed by atoms with E-state index in [4.69, 9.17) is 0 Å². The van der Waals surface area contributed by atoms with Gasteiger partial charge >= 0.3 is 0 Å². The number of pyridine rings is 1. The fraction of sp³-hybridized carbons (Fsp3) is 0. The summed E-state index contributed by atoms with van der Waals surface area (Å²) in [5.41, 5.74) is 0.935. The summed E-state index contributed by atoms with van der Waals surface area (Å²) in [6.07, 6.45) is 5.45. The van der Waals surface area contributed by atoms with E-state index in [9.17, 15) is 0 Å². The molecule has 0 saturated carbocycles. The fourth-order valence-corrected chi connectivity index (χ4v) is 1.15. The maximum Gasteiger partial charge on any atom is 0.0635 e. The molecule has 0 aliphatic rings. The normalized spacial score (nSPS) is 9.42. The lowest BCUT2D eigenvalue weighted by atomic mass is 10.3. The molecule has 0 saturated heterocycles. The first kappa shape index (κ1) is 9.62. The minimum Gasteiger partial charge on any atom is -0.257 e.